The van der Waals surface area contributed by atoms with E-state index in [9.17, 15) is 4.79 Å². The van der Waals surface area contributed by atoms with Crippen LogP contribution < -0.4 is 5.32 Å². The number of ether oxygens (including phenoxy) is 1. The van der Waals surface area contributed by atoms with E-state index in [4.69, 9.17) is 4.74 Å². The Morgan fingerprint density at radius 3 is 2.69 bits per heavy atom. The summed E-state index contributed by atoms with van der Waals surface area (Å²) in [6.45, 7) is 5.46. The van der Waals surface area contributed by atoms with Crippen molar-refractivity contribution in [2.24, 2.45) is 0 Å². The van der Waals surface area contributed by atoms with Crippen molar-refractivity contribution in [2.45, 2.75) is 26.4 Å². The molecule has 1 aromatic heterocycles. The Bertz CT molecular complexity index is 272. The van der Waals surface area contributed by atoms with Crippen LogP contribution in [0.2, 0.25) is 0 Å². The number of amides is 1. The molecule has 0 fully saturated rings. The number of hydrogen-bond acceptors (Lipinski definition) is 2. The molecule has 4 nitrogen and oxygen atoms in total. The molecule has 0 aliphatic carbocycles. The van der Waals surface area contributed by atoms with Crippen LogP contribution in [0.4, 0.5) is 10.6 Å². The van der Waals surface area contributed by atoms with Crippen molar-refractivity contribution in [3.05, 3.63) is 18.3 Å². The molecule has 0 aliphatic rings. The molecule has 0 spiro atoms. The summed E-state index contributed by atoms with van der Waals surface area (Å²) in [6.07, 6.45) is 1.28. The van der Waals surface area contributed by atoms with Gasteiger partial charge in [0.25, 0.3) is 0 Å². The normalized spacial score (nSPS) is 11.0. The van der Waals surface area contributed by atoms with Gasteiger partial charge in [-0.3, -0.25) is 5.32 Å². The molecule has 0 unspecified atom stereocenters. The van der Waals surface area contributed by atoms with Crippen LogP contribution >= 0.6 is 0 Å². The average Bonchev–Trinajstić information content (AvgIpc) is 2.34. The molecule has 4 heteroatoms. The van der Waals surface area contributed by atoms with Gasteiger partial charge in [0.05, 0.1) is 0 Å². The number of aromatic amines is 1. The fraction of sp³-hybridized carbons (Fsp3) is 0.444. The van der Waals surface area contributed by atoms with Crippen LogP contribution in [0, 0.1) is 0 Å². The molecule has 72 valence electrons. The van der Waals surface area contributed by atoms with E-state index in [1.54, 1.807) is 18.3 Å². The number of hydrogen-bond donors (Lipinski definition) is 2. The van der Waals surface area contributed by atoms with E-state index in [1.807, 2.05) is 20.8 Å². The van der Waals surface area contributed by atoms with Crippen LogP contribution in [0.1, 0.15) is 20.8 Å². The van der Waals surface area contributed by atoms with Gasteiger partial charge in [-0.25, -0.2) is 4.79 Å². The van der Waals surface area contributed by atoms with Gasteiger partial charge in [0.15, 0.2) is 0 Å². The smallest absolute Gasteiger partial charge is 0.413 e. The first-order valence-electron chi connectivity index (χ1n) is 4.11. The number of nitrogens with one attached hydrogen (secondary N) is 2. The number of rotatable bonds is 1. The van der Waals surface area contributed by atoms with Gasteiger partial charge in [0, 0.05) is 6.20 Å². The standard InChI is InChI=1S/C9H14N2O2/c1-9(2,3)13-8(12)11-7-5-4-6-10-7/h4-6,10H,1-3H3,(H,11,12). The van der Waals surface area contributed by atoms with Gasteiger partial charge in [-0.2, -0.15) is 0 Å². The van der Waals surface area contributed by atoms with Crippen molar-refractivity contribution in [2.75, 3.05) is 5.32 Å². The molecule has 1 amide bonds. The van der Waals surface area contributed by atoms with Gasteiger partial charge in [-0.15, -0.1) is 0 Å². The number of carbonyl (C=O) groups is 1. The van der Waals surface area contributed by atoms with Crippen LogP contribution in [0.5, 0.6) is 0 Å². The largest absolute Gasteiger partial charge is 0.444 e. The lowest BCUT2D eigenvalue weighted by atomic mass is 10.2. The van der Waals surface area contributed by atoms with Crippen LogP contribution in [0.3, 0.4) is 0 Å². The van der Waals surface area contributed by atoms with Crippen LogP contribution in [-0.2, 0) is 4.74 Å². The monoisotopic (exact) mass is 182 g/mol. The second kappa shape index (κ2) is 3.51. The van der Waals surface area contributed by atoms with Gasteiger partial charge in [0.1, 0.15) is 11.4 Å². The fourth-order valence-corrected chi connectivity index (χ4v) is 0.822. The fourth-order valence-electron chi connectivity index (χ4n) is 0.822. The Kier molecular flexibility index (Phi) is 2.60. The zero-order valence-corrected chi connectivity index (χ0v) is 8.05. The summed E-state index contributed by atoms with van der Waals surface area (Å²) >= 11 is 0. The van der Waals surface area contributed by atoms with Gasteiger partial charge in [-0.1, -0.05) is 0 Å². The Morgan fingerprint density at radius 1 is 1.54 bits per heavy atom. The molecular weight excluding hydrogens is 168 g/mol. The highest BCUT2D eigenvalue weighted by Gasteiger charge is 2.15. The summed E-state index contributed by atoms with van der Waals surface area (Å²) in [6, 6.07) is 3.55. The number of anilines is 1. The molecular formula is C9H14N2O2. The minimum atomic E-state index is -0.462. The summed E-state index contributed by atoms with van der Waals surface area (Å²) in [5.74, 6) is 0.634. The minimum Gasteiger partial charge on any atom is -0.444 e. The molecule has 1 rings (SSSR count). The van der Waals surface area contributed by atoms with Crippen molar-refractivity contribution >= 4 is 11.9 Å². The minimum absolute atomic E-state index is 0.449. The molecule has 0 aliphatic heterocycles. The quantitative estimate of drug-likeness (QED) is 0.700. The second-order valence-corrected chi connectivity index (χ2v) is 3.71. The molecule has 0 bridgehead atoms. The predicted octanol–water partition coefficient (Wildman–Crippen LogP) is 2.36. The van der Waals surface area contributed by atoms with E-state index in [0.29, 0.717) is 5.82 Å². The molecule has 2 N–H and O–H groups in total. The van der Waals surface area contributed by atoms with Crippen molar-refractivity contribution in [1.29, 1.82) is 0 Å². The third kappa shape index (κ3) is 3.64. The van der Waals surface area contributed by atoms with Crippen LogP contribution in [0.25, 0.3) is 0 Å². The van der Waals surface area contributed by atoms with Gasteiger partial charge in [-0.05, 0) is 32.9 Å². The maximum absolute atomic E-state index is 11.2. The third-order valence-electron chi connectivity index (χ3n) is 1.23. The summed E-state index contributed by atoms with van der Waals surface area (Å²) in [5.41, 5.74) is -0.462. The predicted molar refractivity (Wildman–Crippen MR) is 50.6 cm³/mol. The zero-order chi connectivity index (χ0) is 9.90. The number of aromatic nitrogens is 1. The SMILES string of the molecule is CC(C)(C)OC(=O)Nc1ccc[nH]1. The number of H-pyrrole nitrogens is 1. The van der Waals surface area contributed by atoms with E-state index in [2.05, 4.69) is 10.3 Å². The first-order valence-corrected chi connectivity index (χ1v) is 4.11. The van der Waals surface area contributed by atoms with Crippen molar-refractivity contribution in [3.63, 3.8) is 0 Å². The molecule has 0 aromatic carbocycles. The highest BCUT2D eigenvalue weighted by molar-refractivity contribution is 5.83. The Hall–Kier alpha value is -1.45. The maximum atomic E-state index is 11.2. The molecule has 0 saturated heterocycles. The molecule has 1 aromatic rings. The topological polar surface area (TPSA) is 54.1 Å². The third-order valence-corrected chi connectivity index (χ3v) is 1.23. The van der Waals surface area contributed by atoms with Crippen molar-refractivity contribution in [3.8, 4) is 0 Å². The van der Waals surface area contributed by atoms with Crippen molar-refractivity contribution < 1.29 is 9.53 Å². The first-order chi connectivity index (χ1) is 5.97. The molecule has 0 radical (unpaired) electrons. The van der Waals surface area contributed by atoms with E-state index in [0.717, 1.165) is 0 Å². The molecule has 0 saturated carbocycles. The van der Waals surface area contributed by atoms with E-state index >= 15 is 0 Å². The zero-order valence-electron chi connectivity index (χ0n) is 8.05. The second-order valence-electron chi connectivity index (χ2n) is 3.71. The lowest BCUT2D eigenvalue weighted by Crippen LogP contribution is -2.27. The summed E-state index contributed by atoms with van der Waals surface area (Å²) in [7, 11) is 0. The van der Waals surface area contributed by atoms with Gasteiger partial charge in [0.2, 0.25) is 0 Å². The summed E-state index contributed by atoms with van der Waals surface area (Å²) in [4.78, 5) is 14.0. The van der Waals surface area contributed by atoms with Crippen molar-refractivity contribution in [1.82, 2.24) is 4.98 Å². The molecule has 1 heterocycles. The van der Waals surface area contributed by atoms with E-state index in [1.165, 1.54) is 0 Å². The Labute approximate surface area is 77.3 Å². The van der Waals surface area contributed by atoms with Crippen LogP contribution in [-0.4, -0.2) is 16.7 Å². The molecule has 0 atom stereocenters. The van der Waals surface area contributed by atoms with E-state index < -0.39 is 11.7 Å². The first kappa shape index (κ1) is 9.64. The van der Waals surface area contributed by atoms with E-state index in [-0.39, 0.29) is 0 Å². The summed E-state index contributed by atoms with van der Waals surface area (Å²) in [5, 5.41) is 2.56. The molecule has 13 heavy (non-hydrogen) atoms. The highest BCUT2D eigenvalue weighted by Crippen LogP contribution is 2.09. The lowest BCUT2D eigenvalue weighted by Gasteiger charge is -2.19. The van der Waals surface area contributed by atoms with Gasteiger partial charge < -0.3 is 9.72 Å². The van der Waals surface area contributed by atoms with Gasteiger partial charge >= 0.3 is 6.09 Å². The van der Waals surface area contributed by atoms with Crippen LogP contribution in [0.15, 0.2) is 18.3 Å². The number of carbonyl (C=O) groups excluding carboxylic acids is 1. The average molecular weight is 182 g/mol. The highest BCUT2D eigenvalue weighted by atomic mass is 16.6. The Morgan fingerprint density at radius 2 is 2.23 bits per heavy atom. The maximum Gasteiger partial charge on any atom is 0.413 e. The lowest BCUT2D eigenvalue weighted by molar-refractivity contribution is 0.0635. The Balaban J connectivity index is 2.43. The summed E-state index contributed by atoms with van der Waals surface area (Å²) < 4.78 is 5.04.